The zero-order chi connectivity index (χ0) is 14.5. The Morgan fingerprint density at radius 1 is 1.20 bits per heavy atom. The summed E-state index contributed by atoms with van der Waals surface area (Å²) in [6.07, 6.45) is 6.41. The van der Waals surface area contributed by atoms with E-state index in [0.29, 0.717) is 11.1 Å². The molecule has 2 atom stereocenters. The van der Waals surface area contributed by atoms with Gasteiger partial charge in [0.1, 0.15) is 0 Å². The number of rotatable bonds is 5. The molecule has 0 amide bonds. The normalized spacial score (nSPS) is 23.2. The maximum Gasteiger partial charge on any atom is 0.0453 e. The SMILES string of the molecule is CC(C)C1CCCCC1NCCc1ccc(Cl)cc1Cl. The van der Waals surface area contributed by atoms with Crippen LogP contribution in [0.4, 0.5) is 0 Å². The van der Waals surface area contributed by atoms with Gasteiger partial charge in [0, 0.05) is 16.1 Å². The van der Waals surface area contributed by atoms with Crippen LogP contribution in [0.15, 0.2) is 18.2 Å². The van der Waals surface area contributed by atoms with Gasteiger partial charge in [-0.25, -0.2) is 0 Å². The van der Waals surface area contributed by atoms with Crippen molar-refractivity contribution in [1.29, 1.82) is 0 Å². The molecule has 0 radical (unpaired) electrons. The van der Waals surface area contributed by atoms with Gasteiger partial charge in [-0.15, -0.1) is 0 Å². The van der Waals surface area contributed by atoms with Gasteiger partial charge in [0.25, 0.3) is 0 Å². The van der Waals surface area contributed by atoms with E-state index in [1.807, 2.05) is 18.2 Å². The van der Waals surface area contributed by atoms with Crippen molar-refractivity contribution in [3.63, 3.8) is 0 Å². The van der Waals surface area contributed by atoms with Crippen molar-refractivity contribution in [2.45, 2.75) is 52.0 Å². The van der Waals surface area contributed by atoms with Crippen molar-refractivity contribution in [1.82, 2.24) is 5.32 Å². The molecule has 1 nitrogen and oxygen atoms in total. The molecule has 112 valence electrons. The molecule has 0 aliphatic heterocycles. The van der Waals surface area contributed by atoms with E-state index in [0.717, 1.165) is 29.8 Å². The summed E-state index contributed by atoms with van der Waals surface area (Å²) >= 11 is 12.1. The highest BCUT2D eigenvalue weighted by atomic mass is 35.5. The molecule has 0 spiro atoms. The van der Waals surface area contributed by atoms with Crippen LogP contribution in [0, 0.1) is 11.8 Å². The van der Waals surface area contributed by atoms with E-state index >= 15 is 0 Å². The van der Waals surface area contributed by atoms with Crippen molar-refractivity contribution in [2.75, 3.05) is 6.54 Å². The number of halogens is 2. The van der Waals surface area contributed by atoms with Gasteiger partial charge in [0.2, 0.25) is 0 Å². The Hall–Kier alpha value is -0.240. The number of hydrogen-bond acceptors (Lipinski definition) is 1. The molecule has 1 aliphatic rings. The second-order valence-corrected chi connectivity index (χ2v) is 7.08. The molecule has 1 aromatic carbocycles. The van der Waals surface area contributed by atoms with Crippen LogP contribution in [0.25, 0.3) is 0 Å². The zero-order valence-electron chi connectivity index (χ0n) is 12.5. The van der Waals surface area contributed by atoms with Crippen LogP contribution < -0.4 is 5.32 Å². The Labute approximate surface area is 133 Å². The van der Waals surface area contributed by atoms with Gasteiger partial charge in [0.05, 0.1) is 0 Å². The molecule has 1 aromatic rings. The first-order valence-electron chi connectivity index (χ1n) is 7.75. The van der Waals surface area contributed by atoms with E-state index < -0.39 is 0 Å². The van der Waals surface area contributed by atoms with E-state index in [1.165, 1.54) is 31.2 Å². The topological polar surface area (TPSA) is 12.0 Å². The van der Waals surface area contributed by atoms with Crippen molar-refractivity contribution in [3.05, 3.63) is 33.8 Å². The van der Waals surface area contributed by atoms with Gasteiger partial charge in [-0.1, -0.05) is 56.0 Å². The van der Waals surface area contributed by atoms with Crippen LogP contribution in [0.5, 0.6) is 0 Å². The average Bonchev–Trinajstić information content (AvgIpc) is 2.41. The Balaban J connectivity index is 1.85. The molecule has 20 heavy (non-hydrogen) atoms. The third-order valence-electron chi connectivity index (χ3n) is 4.49. The van der Waals surface area contributed by atoms with E-state index in [1.54, 1.807) is 0 Å². The molecule has 0 saturated heterocycles. The molecule has 0 heterocycles. The predicted octanol–water partition coefficient (Wildman–Crippen LogP) is 5.34. The Bertz CT molecular complexity index is 431. The minimum atomic E-state index is 0.676. The summed E-state index contributed by atoms with van der Waals surface area (Å²) in [7, 11) is 0. The Kier molecular flexibility index (Phi) is 6.20. The third-order valence-corrected chi connectivity index (χ3v) is 5.08. The molecule has 1 aliphatic carbocycles. The minimum absolute atomic E-state index is 0.676. The molecule has 2 unspecified atom stereocenters. The maximum atomic E-state index is 6.22. The first kappa shape index (κ1) is 16.1. The van der Waals surface area contributed by atoms with Gasteiger partial charge >= 0.3 is 0 Å². The maximum absolute atomic E-state index is 6.22. The molecule has 1 saturated carbocycles. The molecule has 2 rings (SSSR count). The molecule has 1 fully saturated rings. The summed E-state index contributed by atoms with van der Waals surface area (Å²) in [5.41, 5.74) is 1.18. The number of benzene rings is 1. The van der Waals surface area contributed by atoms with Crippen molar-refractivity contribution in [3.8, 4) is 0 Å². The van der Waals surface area contributed by atoms with Crippen LogP contribution in [0.1, 0.15) is 45.1 Å². The standard InChI is InChI=1S/C17H25Cl2N/c1-12(2)15-5-3-4-6-17(15)20-10-9-13-7-8-14(18)11-16(13)19/h7-8,11-12,15,17,20H,3-6,9-10H2,1-2H3. The molecule has 0 bridgehead atoms. The Morgan fingerprint density at radius 3 is 2.65 bits per heavy atom. The van der Waals surface area contributed by atoms with Crippen molar-refractivity contribution < 1.29 is 0 Å². The first-order chi connectivity index (χ1) is 9.58. The lowest BCUT2D eigenvalue weighted by Gasteiger charge is -2.35. The summed E-state index contributed by atoms with van der Waals surface area (Å²) < 4.78 is 0. The fourth-order valence-electron chi connectivity index (χ4n) is 3.33. The zero-order valence-corrected chi connectivity index (χ0v) is 14.0. The van der Waals surface area contributed by atoms with Crippen molar-refractivity contribution in [2.24, 2.45) is 11.8 Å². The van der Waals surface area contributed by atoms with Crippen LogP contribution >= 0.6 is 23.2 Å². The molecule has 0 aromatic heterocycles. The second-order valence-electron chi connectivity index (χ2n) is 6.24. The monoisotopic (exact) mass is 313 g/mol. The minimum Gasteiger partial charge on any atom is -0.313 e. The summed E-state index contributed by atoms with van der Waals surface area (Å²) in [4.78, 5) is 0. The van der Waals surface area contributed by atoms with Crippen LogP contribution in [-0.4, -0.2) is 12.6 Å². The van der Waals surface area contributed by atoms with Gasteiger partial charge in [-0.2, -0.15) is 0 Å². The van der Waals surface area contributed by atoms with Gasteiger partial charge in [-0.3, -0.25) is 0 Å². The van der Waals surface area contributed by atoms with Crippen LogP contribution in [0.3, 0.4) is 0 Å². The van der Waals surface area contributed by atoms with E-state index in [4.69, 9.17) is 23.2 Å². The lowest BCUT2D eigenvalue weighted by molar-refractivity contribution is 0.207. The largest absolute Gasteiger partial charge is 0.313 e. The number of nitrogens with one attached hydrogen (secondary N) is 1. The van der Waals surface area contributed by atoms with E-state index in [2.05, 4.69) is 19.2 Å². The smallest absolute Gasteiger partial charge is 0.0453 e. The summed E-state index contributed by atoms with van der Waals surface area (Å²) in [6, 6.07) is 6.46. The van der Waals surface area contributed by atoms with E-state index in [-0.39, 0.29) is 0 Å². The molecular weight excluding hydrogens is 289 g/mol. The lowest BCUT2D eigenvalue weighted by atomic mass is 9.78. The Morgan fingerprint density at radius 2 is 1.95 bits per heavy atom. The van der Waals surface area contributed by atoms with Crippen LogP contribution in [-0.2, 0) is 6.42 Å². The van der Waals surface area contributed by atoms with Gasteiger partial charge < -0.3 is 5.32 Å². The highest BCUT2D eigenvalue weighted by Gasteiger charge is 2.26. The highest BCUT2D eigenvalue weighted by molar-refractivity contribution is 6.35. The van der Waals surface area contributed by atoms with Crippen LogP contribution in [0.2, 0.25) is 10.0 Å². The van der Waals surface area contributed by atoms with Gasteiger partial charge in [0.15, 0.2) is 0 Å². The fraction of sp³-hybridized carbons (Fsp3) is 0.647. The van der Waals surface area contributed by atoms with Crippen molar-refractivity contribution >= 4 is 23.2 Å². The predicted molar refractivity (Wildman–Crippen MR) is 88.8 cm³/mol. The quantitative estimate of drug-likeness (QED) is 0.773. The molecule has 3 heteroatoms. The molecule has 1 N–H and O–H groups in total. The summed E-state index contributed by atoms with van der Waals surface area (Å²) in [5.74, 6) is 1.59. The third kappa shape index (κ3) is 4.38. The molecular formula is C17H25Cl2N. The second kappa shape index (κ2) is 7.68. The summed E-state index contributed by atoms with van der Waals surface area (Å²) in [5, 5.41) is 5.24. The first-order valence-corrected chi connectivity index (χ1v) is 8.51. The van der Waals surface area contributed by atoms with E-state index in [9.17, 15) is 0 Å². The van der Waals surface area contributed by atoms with Gasteiger partial charge in [-0.05, 0) is 55.3 Å². The summed E-state index contributed by atoms with van der Waals surface area (Å²) in [6.45, 7) is 5.69. The highest BCUT2D eigenvalue weighted by Crippen LogP contribution is 2.30. The fourth-order valence-corrected chi connectivity index (χ4v) is 3.83. The number of hydrogen-bond donors (Lipinski definition) is 1. The average molecular weight is 314 g/mol. The lowest BCUT2D eigenvalue weighted by Crippen LogP contribution is -2.41.